The molecule has 38 heavy (non-hydrogen) atoms. The normalized spacial score (nSPS) is 14.1. The van der Waals surface area contributed by atoms with E-state index in [1.165, 1.54) is 6.07 Å². The zero-order chi connectivity index (χ0) is 26.6. The van der Waals surface area contributed by atoms with Crippen LogP contribution in [0.5, 0.6) is 17.2 Å². The highest BCUT2D eigenvalue weighted by atomic mass is 16.5. The van der Waals surface area contributed by atoms with Crippen LogP contribution in [0.2, 0.25) is 0 Å². The summed E-state index contributed by atoms with van der Waals surface area (Å²) in [6.07, 6.45) is 3.49. The van der Waals surface area contributed by atoms with E-state index in [4.69, 9.17) is 14.2 Å². The van der Waals surface area contributed by atoms with Gasteiger partial charge in [0.15, 0.2) is 12.4 Å². The molecule has 3 aromatic carbocycles. The van der Waals surface area contributed by atoms with E-state index in [1.807, 2.05) is 36.4 Å². The number of allylic oxidation sites excluding steroid dienone is 1. The fraction of sp³-hybridized carbons (Fsp3) is 0.138. The zero-order valence-corrected chi connectivity index (χ0v) is 20.4. The highest BCUT2D eigenvalue weighted by Gasteiger charge is 2.28. The van der Waals surface area contributed by atoms with Gasteiger partial charge in [-0.15, -0.1) is 0 Å². The molecule has 1 amide bonds. The Bertz CT molecular complexity index is 1550. The first-order valence-electron chi connectivity index (χ1n) is 11.8. The SMILES string of the molecule is COc1ccc(/C=C2\Oc3cc(OCC(=O)N[C@H](Cc4c[nH]c5ccccc45)C(=O)O)ccc3C2=O)cc1. The van der Waals surface area contributed by atoms with Crippen molar-refractivity contribution < 1.29 is 33.7 Å². The van der Waals surface area contributed by atoms with E-state index < -0.39 is 24.5 Å². The van der Waals surface area contributed by atoms with Gasteiger partial charge in [-0.2, -0.15) is 0 Å². The van der Waals surface area contributed by atoms with Crippen molar-refractivity contribution in [1.82, 2.24) is 10.3 Å². The van der Waals surface area contributed by atoms with Gasteiger partial charge < -0.3 is 29.6 Å². The third kappa shape index (κ3) is 5.22. The molecule has 1 atom stereocenters. The Morgan fingerprint density at radius 3 is 2.61 bits per heavy atom. The van der Waals surface area contributed by atoms with Crippen LogP contribution in [0.25, 0.3) is 17.0 Å². The number of para-hydroxylation sites is 1. The van der Waals surface area contributed by atoms with Crippen molar-refractivity contribution >= 4 is 34.6 Å². The maximum atomic E-state index is 12.7. The number of hydrogen-bond donors (Lipinski definition) is 3. The Hall–Kier alpha value is -5.05. The Morgan fingerprint density at radius 2 is 1.84 bits per heavy atom. The number of methoxy groups -OCH3 is 1. The highest BCUT2D eigenvalue weighted by Crippen LogP contribution is 2.35. The number of aromatic amines is 1. The average molecular weight is 513 g/mol. The molecule has 2 heterocycles. The number of benzene rings is 3. The maximum absolute atomic E-state index is 12.7. The summed E-state index contributed by atoms with van der Waals surface area (Å²) in [5.74, 6) is -0.508. The molecule has 1 aromatic heterocycles. The lowest BCUT2D eigenvalue weighted by Crippen LogP contribution is -2.44. The molecule has 3 N–H and O–H groups in total. The lowest BCUT2D eigenvalue weighted by molar-refractivity contribution is -0.142. The molecule has 5 rings (SSSR count). The van der Waals surface area contributed by atoms with Crippen molar-refractivity contribution in [3.05, 3.63) is 95.4 Å². The second-order valence-corrected chi connectivity index (χ2v) is 8.68. The lowest BCUT2D eigenvalue weighted by atomic mass is 10.1. The van der Waals surface area contributed by atoms with Crippen molar-refractivity contribution in [3.63, 3.8) is 0 Å². The van der Waals surface area contributed by atoms with Gasteiger partial charge in [-0.05, 0) is 47.5 Å². The molecule has 192 valence electrons. The number of aromatic nitrogens is 1. The van der Waals surface area contributed by atoms with Crippen LogP contribution in [0, 0.1) is 0 Å². The van der Waals surface area contributed by atoms with Crippen LogP contribution in [0.4, 0.5) is 0 Å². The zero-order valence-electron chi connectivity index (χ0n) is 20.4. The first-order chi connectivity index (χ1) is 18.4. The minimum atomic E-state index is -1.15. The molecule has 0 radical (unpaired) electrons. The highest BCUT2D eigenvalue weighted by molar-refractivity contribution is 6.14. The number of amides is 1. The van der Waals surface area contributed by atoms with E-state index in [0.717, 1.165) is 22.0 Å². The molecule has 0 fully saturated rings. The van der Waals surface area contributed by atoms with Crippen LogP contribution in [-0.4, -0.2) is 47.5 Å². The van der Waals surface area contributed by atoms with E-state index in [1.54, 1.807) is 43.6 Å². The monoisotopic (exact) mass is 512 g/mol. The summed E-state index contributed by atoms with van der Waals surface area (Å²) in [6.45, 7) is -0.404. The molecule has 0 saturated carbocycles. The maximum Gasteiger partial charge on any atom is 0.326 e. The number of carboxylic acid groups (broad SMARTS) is 1. The van der Waals surface area contributed by atoms with E-state index in [-0.39, 0.29) is 18.0 Å². The predicted octanol–water partition coefficient (Wildman–Crippen LogP) is 3.98. The Balaban J connectivity index is 1.20. The van der Waals surface area contributed by atoms with Crippen LogP contribution in [0.1, 0.15) is 21.5 Å². The van der Waals surface area contributed by atoms with Crippen molar-refractivity contribution in [1.29, 1.82) is 0 Å². The van der Waals surface area contributed by atoms with Crippen LogP contribution < -0.4 is 19.5 Å². The molecule has 0 saturated heterocycles. The fourth-order valence-corrected chi connectivity index (χ4v) is 4.21. The topological polar surface area (TPSA) is 127 Å². The Morgan fingerprint density at radius 1 is 1.08 bits per heavy atom. The quantitative estimate of drug-likeness (QED) is 0.290. The molecule has 9 nitrogen and oxygen atoms in total. The fourth-order valence-electron chi connectivity index (χ4n) is 4.21. The second-order valence-electron chi connectivity index (χ2n) is 8.68. The van der Waals surface area contributed by atoms with Gasteiger partial charge >= 0.3 is 5.97 Å². The first-order valence-corrected chi connectivity index (χ1v) is 11.8. The van der Waals surface area contributed by atoms with Gasteiger partial charge in [0.25, 0.3) is 5.91 Å². The molecule has 0 spiro atoms. The molecule has 0 unspecified atom stereocenters. The summed E-state index contributed by atoms with van der Waals surface area (Å²) < 4.78 is 16.4. The molecular weight excluding hydrogens is 488 g/mol. The van der Waals surface area contributed by atoms with Gasteiger partial charge in [0, 0.05) is 29.6 Å². The molecule has 0 aliphatic carbocycles. The van der Waals surface area contributed by atoms with E-state index in [0.29, 0.717) is 22.8 Å². The number of rotatable bonds is 9. The average Bonchev–Trinajstić information content (AvgIpc) is 3.47. The largest absolute Gasteiger partial charge is 0.497 e. The third-order valence-electron chi connectivity index (χ3n) is 6.16. The second kappa shape index (κ2) is 10.5. The van der Waals surface area contributed by atoms with Gasteiger partial charge in [0.2, 0.25) is 5.78 Å². The number of hydrogen-bond acceptors (Lipinski definition) is 6. The van der Waals surface area contributed by atoms with Crippen molar-refractivity contribution in [3.8, 4) is 17.2 Å². The van der Waals surface area contributed by atoms with E-state index >= 15 is 0 Å². The number of ketones is 1. The number of carbonyl (C=O) groups is 3. The van der Waals surface area contributed by atoms with Crippen LogP contribution in [0.3, 0.4) is 0 Å². The molecule has 9 heteroatoms. The number of carbonyl (C=O) groups excluding carboxylic acids is 2. The van der Waals surface area contributed by atoms with E-state index in [2.05, 4.69) is 10.3 Å². The summed E-state index contributed by atoms with van der Waals surface area (Å²) in [5.41, 5.74) is 2.83. The molecule has 4 aromatic rings. The summed E-state index contributed by atoms with van der Waals surface area (Å²) >= 11 is 0. The van der Waals surface area contributed by atoms with Crippen molar-refractivity contribution in [2.45, 2.75) is 12.5 Å². The molecular formula is C29H24N2O7. The molecule has 1 aliphatic heterocycles. The van der Waals surface area contributed by atoms with Crippen LogP contribution in [-0.2, 0) is 16.0 Å². The number of nitrogens with one attached hydrogen (secondary N) is 2. The Kier molecular flexibility index (Phi) is 6.82. The third-order valence-corrected chi connectivity index (χ3v) is 6.16. The summed E-state index contributed by atoms with van der Waals surface area (Å²) in [7, 11) is 1.58. The minimum absolute atomic E-state index is 0.114. The smallest absolute Gasteiger partial charge is 0.326 e. The first kappa shape index (κ1) is 24.6. The van der Waals surface area contributed by atoms with Crippen molar-refractivity contribution in [2.24, 2.45) is 0 Å². The standard InChI is InChI=1S/C29H24N2O7/c1-36-19-8-6-17(7-9-19)12-26-28(33)22-11-10-20(14-25(22)38-26)37-16-27(32)31-24(29(34)35)13-18-15-30-23-5-3-2-4-21(18)23/h2-12,14-15,24,30H,13,16H2,1H3,(H,31,32)(H,34,35)/b26-12-/t24-/m1/s1. The number of carboxylic acids is 1. The number of fused-ring (bicyclic) bond motifs is 2. The van der Waals surface area contributed by atoms with Gasteiger partial charge in [-0.3, -0.25) is 9.59 Å². The number of H-pyrrole nitrogens is 1. The summed E-state index contributed by atoms with van der Waals surface area (Å²) in [5, 5.41) is 13.1. The van der Waals surface area contributed by atoms with Crippen molar-refractivity contribution in [2.75, 3.05) is 13.7 Å². The summed E-state index contributed by atoms with van der Waals surface area (Å²) in [6, 6.07) is 18.2. The predicted molar refractivity (Wildman–Crippen MR) is 139 cm³/mol. The van der Waals surface area contributed by atoms with Crippen LogP contribution in [0.15, 0.2) is 78.7 Å². The lowest BCUT2D eigenvalue weighted by Gasteiger charge is -2.15. The van der Waals surface area contributed by atoms with Crippen LogP contribution >= 0.6 is 0 Å². The van der Waals surface area contributed by atoms with Gasteiger partial charge in [0.1, 0.15) is 23.3 Å². The van der Waals surface area contributed by atoms with Gasteiger partial charge in [-0.25, -0.2) is 4.79 Å². The Labute approximate surface area is 217 Å². The number of ether oxygens (including phenoxy) is 3. The number of aliphatic carboxylic acids is 1. The van der Waals surface area contributed by atoms with Gasteiger partial charge in [0.05, 0.1) is 12.7 Å². The number of Topliss-reactive ketones (excluding diaryl/α,β-unsaturated/α-hetero) is 1. The minimum Gasteiger partial charge on any atom is -0.497 e. The van der Waals surface area contributed by atoms with Gasteiger partial charge in [-0.1, -0.05) is 30.3 Å². The molecule has 0 bridgehead atoms. The van der Waals surface area contributed by atoms with E-state index in [9.17, 15) is 19.5 Å². The molecule has 1 aliphatic rings. The summed E-state index contributed by atoms with van der Waals surface area (Å²) in [4.78, 5) is 40.1.